The largest absolute Gasteiger partial charge is 0.320 e. The zero-order valence-electron chi connectivity index (χ0n) is 18.0. The van der Waals surface area contributed by atoms with Gasteiger partial charge in [-0.3, -0.25) is 29.3 Å². The molecule has 174 valence electrons. The predicted octanol–water partition coefficient (Wildman–Crippen LogP) is 1.48. The molecule has 2 heterocycles. The molecular weight excluding hydrogens is 448 g/mol. The van der Waals surface area contributed by atoms with Crippen LogP contribution in [0, 0.1) is 32.8 Å². The molecule has 2 aromatic carbocycles. The second kappa shape index (κ2) is 6.92. The van der Waals surface area contributed by atoms with Gasteiger partial charge in [-0.05, 0) is 50.2 Å². The van der Waals surface area contributed by atoms with Gasteiger partial charge in [-0.15, -0.1) is 0 Å². The number of rotatable bonds is 5. The lowest BCUT2D eigenvalue weighted by molar-refractivity contribution is -0.384. The standard InChI is InChI=1S/C22H18N4O8/c1-21-15(17(27)24(19(21)29)11-3-5-13(6-4-11)26(31)32)22(2)16(21)18(28)25(20(22)30)12-7-9-14(10-8-12)33-34-23/h3-10,15-16H,23H2,1-2H3. The first kappa shape index (κ1) is 21.7. The van der Waals surface area contributed by atoms with E-state index >= 15 is 0 Å². The molecule has 3 fully saturated rings. The molecule has 0 bridgehead atoms. The number of nitro groups is 1. The zero-order chi connectivity index (χ0) is 24.6. The number of fused-ring (bicyclic) bond motifs is 4. The highest BCUT2D eigenvalue weighted by Crippen LogP contribution is 2.71. The fourth-order valence-corrected chi connectivity index (χ4v) is 5.86. The monoisotopic (exact) mass is 466 g/mol. The van der Waals surface area contributed by atoms with Crippen molar-refractivity contribution >= 4 is 40.7 Å². The number of nitrogens with zero attached hydrogens (tertiary/aromatic N) is 3. The van der Waals surface area contributed by atoms with Gasteiger partial charge < -0.3 is 4.89 Å². The molecule has 12 heteroatoms. The van der Waals surface area contributed by atoms with Crippen LogP contribution in [0.5, 0.6) is 5.75 Å². The van der Waals surface area contributed by atoms with Gasteiger partial charge in [0.05, 0.1) is 39.0 Å². The van der Waals surface area contributed by atoms with Crippen LogP contribution >= 0.6 is 0 Å². The van der Waals surface area contributed by atoms with Gasteiger partial charge in [0.15, 0.2) is 5.75 Å². The minimum atomic E-state index is -1.43. The van der Waals surface area contributed by atoms with Crippen LogP contribution < -0.4 is 20.6 Å². The molecule has 4 unspecified atom stereocenters. The number of imide groups is 2. The fourth-order valence-electron chi connectivity index (χ4n) is 5.86. The summed E-state index contributed by atoms with van der Waals surface area (Å²) in [4.78, 5) is 74.8. The third kappa shape index (κ3) is 2.43. The molecule has 3 aliphatic rings. The van der Waals surface area contributed by atoms with Gasteiger partial charge in [0.25, 0.3) is 5.69 Å². The molecule has 5 rings (SSSR count). The molecule has 4 amide bonds. The second-order valence-electron chi connectivity index (χ2n) is 8.84. The number of anilines is 2. The van der Waals surface area contributed by atoms with Crippen molar-refractivity contribution < 1.29 is 34.0 Å². The second-order valence-corrected chi connectivity index (χ2v) is 8.84. The molecule has 4 atom stereocenters. The number of carbonyl (C=O) groups excluding carboxylic acids is 4. The summed E-state index contributed by atoms with van der Waals surface area (Å²) in [6, 6.07) is 10.8. The Kier molecular flexibility index (Phi) is 4.41. The molecule has 1 saturated carbocycles. The molecule has 34 heavy (non-hydrogen) atoms. The van der Waals surface area contributed by atoms with Crippen molar-refractivity contribution in [2.75, 3.05) is 9.80 Å². The molecule has 2 N–H and O–H groups in total. The molecule has 12 nitrogen and oxygen atoms in total. The molecule has 0 aromatic heterocycles. The number of carbonyl (C=O) groups is 4. The first-order valence-corrected chi connectivity index (χ1v) is 10.2. The molecular formula is C22H18N4O8. The van der Waals surface area contributed by atoms with Crippen molar-refractivity contribution in [2.45, 2.75) is 13.8 Å². The molecule has 2 saturated heterocycles. The van der Waals surface area contributed by atoms with Gasteiger partial charge >= 0.3 is 0 Å². The maximum atomic E-state index is 13.5. The topological polar surface area (TPSA) is 162 Å². The van der Waals surface area contributed by atoms with E-state index in [2.05, 4.69) is 9.88 Å². The van der Waals surface area contributed by atoms with Crippen molar-refractivity contribution in [1.82, 2.24) is 0 Å². The summed E-state index contributed by atoms with van der Waals surface area (Å²) in [5.74, 6) is 0.600. The van der Waals surface area contributed by atoms with Gasteiger partial charge in [0.2, 0.25) is 23.6 Å². The third-order valence-corrected chi connectivity index (χ3v) is 7.22. The average Bonchev–Trinajstić information content (AvgIpc) is 3.08. The van der Waals surface area contributed by atoms with Gasteiger partial charge in [0.1, 0.15) is 0 Å². The number of nitro benzene ring substituents is 1. The SMILES string of the molecule is CC12C(=O)N(c3ccc(OON)cc3)C(=O)C1C1(C)C(=O)N(c3ccc([N+](=O)[O-])cc3)C(=O)C21. The zero-order valence-corrected chi connectivity index (χ0v) is 18.0. The Morgan fingerprint density at radius 2 is 1.24 bits per heavy atom. The van der Waals surface area contributed by atoms with Gasteiger partial charge in [-0.25, -0.2) is 9.80 Å². The van der Waals surface area contributed by atoms with E-state index in [1.807, 2.05) is 0 Å². The molecule has 1 aliphatic carbocycles. The highest BCUT2D eigenvalue weighted by atomic mass is 17.3. The summed E-state index contributed by atoms with van der Waals surface area (Å²) in [6.45, 7) is 3.04. The van der Waals surface area contributed by atoms with Crippen LogP contribution in [-0.4, -0.2) is 28.6 Å². The lowest BCUT2D eigenvalue weighted by atomic mass is 9.41. The van der Waals surface area contributed by atoms with Crippen LogP contribution in [0.2, 0.25) is 0 Å². The number of non-ortho nitro benzene ring substituents is 1. The highest BCUT2D eigenvalue weighted by molar-refractivity contribution is 6.34. The Morgan fingerprint density at radius 1 is 0.824 bits per heavy atom. The Labute approximate surface area is 191 Å². The van der Waals surface area contributed by atoms with E-state index in [1.165, 1.54) is 62.4 Å². The molecule has 2 aliphatic heterocycles. The first-order chi connectivity index (χ1) is 16.1. The van der Waals surface area contributed by atoms with Gasteiger partial charge in [-0.1, -0.05) is 4.99 Å². The number of nitrogens with two attached hydrogens (primary N) is 1. The Morgan fingerprint density at radius 3 is 1.62 bits per heavy atom. The Balaban J connectivity index is 1.51. The minimum Gasteiger partial charge on any atom is -0.320 e. The Hall–Kier alpha value is -4.16. The van der Waals surface area contributed by atoms with Gasteiger partial charge in [0, 0.05) is 12.1 Å². The average molecular weight is 466 g/mol. The Bertz CT molecular complexity index is 1280. The highest BCUT2D eigenvalue weighted by Gasteiger charge is 2.85. The maximum Gasteiger partial charge on any atom is 0.269 e. The van der Waals surface area contributed by atoms with Crippen LogP contribution in [0.1, 0.15) is 13.8 Å². The van der Waals surface area contributed by atoms with Crippen molar-refractivity contribution in [3.63, 3.8) is 0 Å². The number of benzene rings is 2. The van der Waals surface area contributed by atoms with Crippen LogP contribution in [0.3, 0.4) is 0 Å². The summed E-state index contributed by atoms with van der Waals surface area (Å²) >= 11 is 0. The molecule has 0 spiro atoms. The lowest BCUT2D eigenvalue weighted by Crippen LogP contribution is -2.65. The summed E-state index contributed by atoms with van der Waals surface area (Å²) in [6.07, 6.45) is 0. The van der Waals surface area contributed by atoms with E-state index in [-0.39, 0.29) is 22.8 Å². The van der Waals surface area contributed by atoms with Gasteiger partial charge in [-0.2, -0.15) is 5.90 Å². The molecule has 2 aromatic rings. The van der Waals surface area contributed by atoms with Crippen molar-refractivity contribution in [3.05, 3.63) is 58.6 Å². The maximum absolute atomic E-state index is 13.5. The summed E-state index contributed by atoms with van der Waals surface area (Å²) < 4.78 is 0. The van der Waals surface area contributed by atoms with Crippen molar-refractivity contribution in [2.24, 2.45) is 28.6 Å². The van der Waals surface area contributed by atoms with Crippen LogP contribution in [0.25, 0.3) is 0 Å². The number of hydrogen-bond acceptors (Lipinski definition) is 9. The summed E-state index contributed by atoms with van der Waals surface area (Å²) in [5.41, 5.74) is -2.64. The van der Waals surface area contributed by atoms with Crippen molar-refractivity contribution in [1.29, 1.82) is 0 Å². The van der Waals surface area contributed by atoms with Crippen LogP contribution in [-0.2, 0) is 24.2 Å². The van der Waals surface area contributed by atoms with E-state index in [4.69, 9.17) is 5.90 Å². The van der Waals surface area contributed by atoms with E-state index in [1.54, 1.807) is 0 Å². The summed E-state index contributed by atoms with van der Waals surface area (Å²) in [7, 11) is 0. The lowest BCUT2D eigenvalue weighted by Gasteiger charge is -2.53. The smallest absolute Gasteiger partial charge is 0.269 e. The first-order valence-electron chi connectivity index (χ1n) is 10.2. The van der Waals surface area contributed by atoms with Crippen LogP contribution in [0.15, 0.2) is 48.5 Å². The minimum absolute atomic E-state index is 0.146. The summed E-state index contributed by atoms with van der Waals surface area (Å²) in [5, 5.41) is 10.9. The normalized spacial score (nSPS) is 29.7. The van der Waals surface area contributed by atoms with E-state index in [0.29, 0.717) is 0 Å². The number of amides is 4. The number of hydrogen-bond donors (Lipinski definition) is 1. The third-order valence-electron chi connectivity index (χ3n) is 7.22. The fraction of sp³-hybridized carbons (Fsp3) is 0.273. The van der Waals surface area contributed by atoms with Crippen molar-refractivity contribution in [3.8, 4) is 5.75 Å². The van der Waals surface area contributed by atoms with Crippen LogP contribution in [0.4, 0.5) is 17.1 Å². The van der Waals surface area contributed by atoms with E-state index in [9.17, 15) is 29.3 Å². The van der Waals surface area contributed by atoms with E-state index < -0.39 is 51.2 Å². The quantitative estimate of drug-likeness (QED) is 0.298. The van der Waals surface area contributed by atoms with E-state index in [0.717, 1.165) is 9.80 Å². The molecule has 0 radical (unpaired) electrons. The predicted molar refractivity (Wildman–Crippen MR) is 114 cm³/mol.